The Morgan fingerprint density at radius 3 is 2.81 bits per heavy atom. The predicted molar refractivity (Wildman–Crippen MR) is 80.1 cm³/mol. The lowest BCUT2D eigenvalue weighted by Gasteiger charge is -2.18. The molecule has 0 aliphatic carbocycles. The molecule has 1 saturated heterocycles. The Bertz CT molecular complexity index is 493. The Hall–Kier alpha value is -1.95. The molecule has 0 radical (unpaired) electrons. The third kappa shape index (κ3) is 3.78. The van der Waals surface area contributed by atoms with Crippen LogP contribution < -0.4 is 14.8 Å². The van der Waals surface area contributed by atoms with E-state index in [0.29, 0.717) is 29.7 Å². The van der Waals surface area contributed by atoms with E-state index in [9.17, 15) is 4.79 Å². The third-order valence-corrected chi connectivity index (χ3v) is 3.63. The van der Waals surface area contributed by atoms with Crippen molar-refractivity contribution >= 4 is 11.7 Å². The van der Waals surface area contributed by atoms with Gasteiger partial charge in [0, 0.05) is 32.2 Å². The van der Waals surface area contributed by atoms with Gasteiger partial charge in [0.15, 0.2) is 0 Å². The Labute approximate surface area is 125 Å². The lowest BCUT2D eigenvalue weighted by molar-refractivity contribution is 0.154. The number of benzene rings is 1. The quantitative estimate of drug-likeness (QED) is 0.904. The Morgan fingerprint density at radius 1 is 1.33 bits per heavy atom. The lowest BCUT2D eigenvalue weighted by Crippen LogP contribution is -2.33. The molecule has 0 saturated carbocycles. The third-order valence-electron chi connectivity index (χ3n) is 3.63. The summed E-state index contributed by atoms with van der Waals surface area (Å²) in [5.41, 5.74) is 0.637. The molecular formula is C15H22N2O4. The van der Waals surface area contributed by atoms with E-state index in [2.05, 4.69) is 5.32 Å². The summed E-state index contributed by atoms with van der Waals surface area (Å²) in [6.45, 7) is 2.16. The monoisotopic (exact) mass is 294 g/mol. The summed E-state index contributed by atoms with van der Waals surface area (Å²) in [7, 11) is 4.84. The maximum absolute atomic E-state index is 12.3. The first-order valence-electron chi connectivity index (χ1n) is 6.94. The number of anilines is 1. The first kappa shape index (κ1) is 15.4. The van der Waals surface area contributed by atoms with Crippen molar-refractivity contribution in [2.45, 2.75) is 6.42 Å². The Kier molecular flexibility index (Phi) is 5.27. The molecule has 6 heteroatoms. The van der Waals surface area contributed by atoms with E-state index in [4.69, 9.17) is 14.2 Å². The van der Waals surface area contributed by atoms with Gasteiger partial charge < -0.3 is 24.4 Å². The molecular weight excluding hydrogens is 272 g/mol. The van der Waals surface area contributed by atoms with Crippen molar-refractivity contribution in [3.05, 3.63) is 18.2 Å². The van der Waals surface area contributed by atoms with Crippen molar-refractivity contribution in [3.8, 4) is 11.5 Å². The van der Waals surface area contributed by atoms with E-state index in [-0.39, 0.29) is 6.03 Å². The fourth-order valence-electron chi connectivity index (χ4n) is 2.48. The van der Waals surface area contributed by atoms with Gasteiger partial charge in [-0.05, 0) is 18.6 Å². The van der Waals surface area contributed by atoms with Gasteiger partial charge in [-0.3, -0.25) is 0 Å². The highest BCUT2D eigenvalue weighted by Gasteiger charge is 2.26. The second kappa shape index (κ2) is 7.17. The lowest BCUT2D eigenvalue weighted by atomic mass is 10.1. The van der Waals surface area contributed by atoms with Crippen molar-refractivity contribution in [2.75, 3.05) is 46.3 Å². The molecule has 2 amide bonds. The van der Waals surface area contributed by atoms with Crippen LogP contribution in [-0.4, -0.2) is 52.0 Å². The molecule has 1 N–H and O–H groups in total. The minimum atomic E-state index is -0.114. The molecule has 1 aliphatic heterocycles. The maximum atomic E-state index is 12.3. The van der Waals surface area contributed by atoms with Crippen molar-refractivity contribution < 1.29 is 19.0 Å². The van der Waals surface area contributed by atoms with Gasteiger partial charge in [0.05, 0.1) is 26.5 Å². The minimum Gasteiger partial charge on any atom is -0.497 e. The Balaban J connectivity index is 2.00. The van der Waals surface area contributed by atoms with Gasteiger partial charge in [-0.15, -0.1) is 0 Å². The SMILES string of the molecule is COC[C@H]1CCN(C(=O)Nc2ccc(OC)cc2OC)C1. The van der Waals surface area contributed by atoms with Gasteiger partial charge in [-0.1, -0.05) is 0 Å². The summed E-state index contributed by atoms with van der Waals surface area (Å²) in [4.78, 5) is 14.1. The fourth-order valence-corrected chi connectivity index (χ4v) is 2.48. The molecule has 1 aromatic carbocycles. The predicted octanol–water partition coefficient (Wildman–Crippen LogP) is 2.20. The largest absolute Gasteiger partial charge is 0.497 e. The minimum absolute atomic E-state index is 0.114. The number of nitrogens with zero attached hydrogens (tertiary/aromatic N) is 1. The van der Waals surface area contributed by atoms with E-state index in [1.807, 2.05) is 0 Å². The molecule has 1 aromatic rings. The zero-order valence-electron chi connectivity index (χ0n) is 12.7. The number of rotatable bonds is 5. The molecule has 0 unspecified atom stereocenters. The van der Waals surface area contributed by atoms with Crippen molar-refractivity contribution in [2.24, 2.45) is 5.92 Å². The maximum Gasteiger partial charge on any atom is 0.321 e. The number of nitrogens with one attached hydrogen (secondary N) is 1. The van der Waals surface area contributed by atoms with Crippen LogP contribution in [-0.2, 0) is 4.74 Å². The highest BCUT2D eigenvalue weighted by Crippen LogP contribution is 2.29. The van der Waals surface area contributed by atoms with E-state index >= 15 is 0 Å². The zero-order chi connectivity index (χ0) is 15.2. The van der Waals surface area contributed by atoms with Gasteiger partial charge in [0.1, 0.15) is 11.5 Å². The van der Waals surface area contributed by atoms with Gasteiger partial charge in [0.25, 0.3) is 0 Å². The Morgan fingerprint density at radius 2 is 2.14 bits per heavy atom. The van der Waals surface area contributed by atoms with Crippen LogP contribution in [0, 0.1) is 5.92 Å². The standard InChI is InChI=1S/C15H22N2O4/c1-19-10-11-6-7-17(9-11)15(18)16-13-5-4-12(20-2)8-14(13)21-3/h4-5,8,11H,6-7,9-10H2,1-3H3,(H,16,18)/t11-/m0/s1. The summed E-state index contributed by atoms with van der Waals surface area (Å²) in [6.07, 6.45) is 0.973. The molecule has 1 aliphatic rings. The summed E-state index contributed by atoms with van der Waals surface area (Å²) in [5, 5.41) is 2.88. The number of urea groups is 1. The number of carbonyl (C=O) groups excluding carboxylic acids is 1. The number of hydrogen-bond acceptors (Lipinski definition) is 4. The van der Waals surface area contributed by atoms with E-state index in [0.717, 1.165) is 19.5 Å². The zero-order valence-corrected chi connectivity index (χ0v) is 12.7. The number of amides is 2. The van der Waals surface area contributed by atoms with Crippen LogP contribution in [0.2, 0.25) is 0 Å². The average molecular weight is 294 g/mol. The second-order valence-corrected chi connectivity index (χ2v) is 5.05. The van der Waals surface area contributed by atoms with E-state index in [1.165, 1.54) is 0 Å². The number of carbonyl (C=O) groups is 1. The van der Waals surface area contributed by atoms with Crippen LogP contribution in [0.4, 0.5) is 10.5 Å². The van der Waals surface area contributed by atoms with Crippen LogP contribution in [0.25, 0.3) is 0 Å². The first-order chi connectivity index (χ1) is 10.2. The molecule has 0 aromatic heterocycles. The molecule has 1 fully saturated rings. The van der Waals surface area contributed by atoms with Crippen LogP contribution in [0.15, 0.2) is 18.2 Å². The first-order valence-corrected chi connectivity index (χ1v) is 6.94. The summed E-state index contributed by atoms with van der Waals surface area (Å²) in [5.74, 6) is 1.68. The number of methoxy groups -OCH3 is 3. The summed E-state index contributed by atoms with van der Waals surface area (Å²) in [6, 6.07) is 5.19. The molecule has 21 heavy (non-hydrogen) atoms. The van der Waals surface area contributed by atoms with E-state index in [1.54, 1.807) is 44.4 Å². The highest BCUT2D eigenvalue weighted by atomic mass is 16.5. The number of hydrogen-bond donors (Lipinski definition) is 1. The molecule has 0 spiro atoms. The smallest absolute Gasteiger partial charge is 0.321 e. The number of ether oxygens (including phenoxy) is 3. The van der Waals surface area contributed by atoms with Crippen molar-refractivity contribution in [1.82, 2.24) is 4.90 Å². The van der Waals surface area contributed by atoms with Gasteiger partial charge in [-0.25, -0.2) is 4.79 Å². The average Bonchev–Trinajstić information content (AvgIpc) is 2.96. The van der Waals surface area contributed by atoms with Gasteiger partial charge in [0.2, 0.25) is 0 Å². The molecule has 1 atom stereocenters. The molecule has 6 nitrogen and oxygen atoms in total. The van der Waals surface area contributed by atoms with Gasteiger partial charge >= 0.3 is 6.03 Å². The molecule has 0 bridgehead atoms. The van der Waals surface area contributed by atoms with Crippen molar-refractivity contribution in [1.29, 1.82) is 0 Å². The molecule has 116 valence electrons. The molecule has 1 heterocycles. The second-order valence-electron chi connectivity index (χ2n) is 5.05. The van der Waals surface area contributed by atoms with Crippen molar-refractivity contribution in [3.63, 3.8) is 0 Å². The van der Waals surface area contributed by atoms with Crippen LogP contribution >= 0.6 is 0 Å². The fraction of sp³-hybridized carbons (Fsp3) is 0.533. The van der Waals surface area contributed by atoms with Gasteiger partial charge in [-0.2, -0.15) is 0 Å². The van der Waals surface area contributed by atoms with Crippen LogP contribution in [0.5, 0.6) is 11.5 Å². The number of likely N-dealkylation sites (tertiary alicyclic amines) is 1. The normalized spacial score (nSPS) is 17.7. The van der Waals surface area contributed by atoms with Crippen LogP contribution in [0.1, 0.15) is 6.42 Å². The topological polar surface area (TPSA) is 60.0 Å². The van der Waals surface area contributed by atoms with E-state index < -0.39 is 0 Å². The summed E-state index contributed by atoms with van der Waals surface area (Å²) < 4.78 is 15.6. The highest BCUT2D eigenvalue weighted by molar-refractivity contribution is 5.91. The molecule has 2 rings (SSSR count). The van der Waals surface area contributed by atoms with Crippen LogP contribution in [0.3, 0.4) is 0 Å². The summed E-state index contributed by atoms with van der Waals surface area (Å²) >= 11 is 0.